The summed E-state index contributed by atoms with van der Waals surface area (Å²) in [5.74, 6) is 0.522. The molecule has 0 radical (unpaired) electrons. The minimum absolute atomic E-state index is 0.208. The van der Waals surface area contributed by atoms with Crippen molar-refractivity contribution in [1.82, 2.24) is 35.1 Å². The second kappa shape index (κ2) is 6.20. The number of aromatic nitrogens is 6. The summed E-state index contributed by atoms with van der Waals surface area (Å²) in [6.07, 6.45) is 5.26. The Balaban J connectivity index is 1.56. The molecule has 0 aliphatic carbocycles. The lowest BCUT2D eigenvalue weighted by Crippen LogP contribution is -2.26. The van der Waals surface area contributed by atoms with Gasteiger partial charge < -0.3 is 5.32 Å². The number of hydrogen-bond donors (Lipinski definition) is 2. The Hall–Kier alpha value is -3.07. The van der Waals surface area contributed by atoms with Crippen molar-refractivity contribution in [3.8, 4) is 10.6 Å². The van der Waals surface area contributed by atoms with Crippen molar-refractivity contribution in [3.05, 3.63) is 53.7 Å². The first-order valence-electron chi connectivity index (χ1n) is 7.32. The summed E-state index contributed by atoms with van der Waals surface area (Å²) in [7, 11) is 0. The van der Waals surface area contributed by atoms with E-state index in [-0.39, 0.29) is 5.91 Å². The third kappa shape index (κ3) is 2.65. The van der Waals surface area contributed by atoms with Gasteiger partial charge in [0.05, 0.1) is 16.8 Å². The Morgan fingerprint density at radius 2 is 2.29 bits per heavy atom. The first-order valence-corrected chi connectivity index (χ1v) is 8.20. The van der Waals surface area contributed by atoms with Crippen LogP contribution in [0.5, 0.6) is 0 Å². The van der Waals surface area contributed by atoms with Crippen LogP contribution in [0.1, 0.15) is 16.2 Å². The maximum atomic E-state index is 12.4. The molecular weight excluding hydrogens is 326 g/mol. The number of hydrogen-bond acceptors (Lipinski definition) is 6. The van der Waals surface area contributed by atoms with Crippen molar-refractivity contribution in [3.63, 3.8) is 0 Å². The molecule has 4 aromatic rings. The van der Waals surface area contributed by atoms with E-state index in [2.05, 4.69) is 30.6 Å². The van der Waals surface area contributed by atoms with E-state index < -0.39 is 0 Å². The molecule has 4 heterocycles. The monoisotopic (exact) mass is 339 g/mol. The van der Waals surface area contributed by atoms with E-state index in [9.17, 15) is 4.79 Å². The van der Waals surface area contributed by atoms with Crippen LogP contribution in [0.15, 0.2) is 42.3 Å². The van der Waals surface area contributed by atoms with Crippen molar-refractivity contribution in [1.29, 1.82) is 0 Å². The fourth-order valence-corrected chi connectivity index (χ4v) is 3.14. The molecule has 120 valence electrons. The zero-order valence-electron chi connectivity index (χ0n) is 12.5. The minimum atomic E-state index is -0.208. The Morgan fingerprint density at radius 3 is 3.08 bits per heavy atom. The van der Waals surface area contributed by atoms with Gasteiger partial charge in [-0.2, -0.15) is 10.2 Å². The van der Waals surface area contributed by atoms with Crippen molar-refractivity contribution in [2.45, 2.75) is 6.42 Å². The normalized spacial score (nSPS) is 11.0. The van der Waals surface area contributed by atoms with Gasteiger partial charge in [0, 0.05) is 19.2 Å². The van der Waals surface area contributed by atoms with Gasteiger partial charge in [-0.15, -0.1) is 11.3 Å². The summed E-state index contributed by atoms with van der Waals surface area (Å²) in [5, 5.41) is 15.7. The standard InChI is InChI=1S/C15H13N7OS/c23-15(17-6-4-13-18-9-19-21-13)10-8-20-22-11(3-5-16-14(10)22)12-2-1-7-24-12/h1-3,5,7-9H,4,6H2,(H,17,23)(H,18,19,21). The van der Waals surface area contributed by atoms with E-state index in [1.807, 2.05) is 23.6 Å². The number of nitrogens with zero attached hydrogens (tertiary/aromatic N) is 5. The summed E-state index contributed by atoms with van der Waals surface area (Å²) < 4.78 is 1.69. The molecule has 0 aliphatic heterocycles. The number of carbonyl (C=O) groups excluding carboxylic acids is 1. The summed E-state index contributed by atoms with van der Waals surface area (Å²) in [4.78, 5) is 21.8. The molecular formula is C15H13N7OS. The molecule has 0 aromatic carbocycles. The minimum Gasteiger partial charge on any atom is -0.351 e. The summed E-state index contributed by atoms with van der Waals surface area (Å²) >= 11 is 1.62. The topological polar surface area (TPSA) is 101 Å². The number of H-pyrrole nitrogens is 1. The molecule has 2 N–H and O–H groups in total. The van der Waals surface area contributed by atoms with E-state index >= 15 is 0 Å². The second-order valence-electron chi connectivity index (χ2n) is 5.04. The highest BCUT2D eigenvalue weighted by atomic mass is 32.1. The van der Waals surface area contributed by atoms with Crippen LogP contribution in [-0.4, -0.2) is 42.2 Å². The highest BCUT2D eigenvalue weighted by molar-refractivity contribution is 7.13. The Labute approximate surface area is 140 Å². The van der Waals surface area contributed by atoms with Gasteiger partial charge in [0.25, 0.3) is 5.91 Å². The molecule has 0 aliphatic rings. The van der Waals surface area contributed by atoms with Gasteiger partial charge in [0.1, 0.15) is 17.7 Å². The summed E-state index contributed by atoms with van der Waals surface area (Å²) in [6.45, 7) is 0.454. The Bertz CT molecular complexity index is 959. The average Bonchev–Trinajstić information content (AvgIpc) is 3.35. The van der Waals surface area contributed by atoms with Crippen molar-refractivity contribution in [2.24, 2.45) is 0 Å². The highest BCUT2D eigenvalue weighted by Crippen LogP contribution is 2.25. The van der Waals surface area contributed by atoms with Gasteiger partial charge in [-0.1, -0.05) is 6.07 Å². The molecule has 0 atom stereocenters. The fraction of sp³-hybridized carbons (Fsp3) is 0.133. The Kier molecular flexibility index (Phi) is 3.75. The van der Waals surface area contributed by atoms with Gasteiger partial charge in [-0.25, -0.2) is 14.5 Å². The lowest BCUT2D eigenvalue weighted by molar-refractivity contribution is 0.0955. The van der Waals surface area contributed by atoms with Crippen LogP contribution >= 0.6 is 11.3 Å². The lowest BCUT2D eigenvalue weighted by Gasteiger charge is -2.04. The molecule has 0 saturated carbocycles. The first-order chi connectivity index (χ1) is 11.8. The van der Waals surface area contributed by atoms with Crippen LogP contribution in [0.25, 0.3) is 16.2 Å². The van der Waals surface area contributed by atoms with Gasteiger partial charge in [0.15, 0.2) is 5.65 Å². The van der Waals surface area contributed by atoms with E-state index in [4.69, 9.17) is 0 Å². The predicted molar refractivity (Wildman–Crippen MR) is 88.7 cm³/mol. The van der Waals surface area contributed by atoms with Crippen LogP contribution < -0.4 is 5.32 Å². The molecule has 0 saturated heterocycles. The van der Waals surface area contributed by atoms with Crippen LogP contribution in [0, 0.1) is 0 Å². The van der Waals surface area contributed by atoms with E-state index in [0.29, 0.717) is 24.2 Å². The predicted octanol–water partition coefficient (Wildman–Crippen LogP) is 1.55. The third-order valence-electron chi connectivity index (χ3n) is 3.53. The van der Waals surface area contributed by atoms with Crippen LogP contribution in [0.4, 0.5) is 0 Å². The average molecular weight is 339 g/mol. The zero-order valence-corrected chi connectivity index (χ0v) is 13.3. The molecule has 9 heteroatoms. The van der Waals surface area contributed by atoms with Crippen molar-refractivity contribution >= 4 is 22.9 Å². The molecule has 1 amide bonds. The Morgan fingerprint density at radius 1 is 1.33 bits per heavy atom. The number of fused-ring (bicyclic) bond motifs is 1. The maximum absolute atomic E-state index is 12.4. The molecule has 0 spiro atoms. The van der Waals surface area contributed by atoms with Gasteiger partial charge in [-0.05, 0) is 17.5 Å². The van der Waals surface area contributed by atoms with E-state index in [1.54, 1.807) is 28.2 Å². The first kappa shape index (κ1) is 14.5. The van der Waals surface area contributed by atoms with Gasteiger partial charge in [0.2, 0.25) is 0 Å². The quantitative estimate of drug-likeness (QED) is 0.574. The van der Waals surface area contributed by atoms with Crippen molar-refractivity contribution < 1.29 is 4.79 Å². The summed E-state index contributed by atoms with van der Waals surface area (Å²) in [6, 6.07) is 5.88. The number of nitrogens with one attached hydrogen (secondary N) is 2. The summed E-state index contributed by atoms with van der Waals surface area (Å²) in [5.41, 5.74) is 1.90. The lowest BCUT2D eigenvalue weighted by atomic mass is 10.3. The van der Waals surface area contributed by atoms with Gasteiger partial charge >= 0.3 is 0 Å². The van der Waals surface area contributed by atoms with Crippen molar-refractivity contribution in [2.75, 3.05) is 6.54 Å². The zero-order chi connectivity index (χ0) is 16.4. The molecule has 0 bridgehead atoms. The number of aromatic amines is 1. The molecule has 24 heavy (non-hydrogen) atoms. The second-order valence-corrected chi connectivity index (χ2v) is 5.99. The molecule has 8 nitrogen and oxygen atoms in total. The largest absolute Gasteiger partial charge is 0.351 e. The number of rotatable bonds is 5. The van der Waals surface area contributed by atoms with Crippen LogP contribution in [0.2, 0.25) is 0 Å². The van der Waals surface area contributed by atoms with E-state index in [0.717, 1.165) is 16.4 Å². The highest BCUT2D eigenvalue weighted by Gasteiger charge is 2.16. The smallest absolute Gasteiger partial charge is 0.256 e. The molecule has 4 rings (SSSR count). The number of amides is 1. The maximum Gasteiger partial charge on any atom is 0.256 e. The van der Waals surface area contributed by atoms with Gasteiger partial charge in [-0.3, -0.25) is 9.89 Å². The fourth-order valence-electron chi connectivity index (χ4n) is 2.40. The molecule has 4 aromatic heterocycles. The van der Waals surface area contributed by atoms with Crippen LogP contribution in [-0.2, 0) is 6.42 Å². The van der Waals surface area contributed by atoms with E-state index in [1.165, 1.54) is 6.33 Å². The number of carbonyl (C=O) groups is 1. The number of thiophene rings is 1. The SMILES string of the molecule is O=C(NCCc1ncn[nH]1)c1cnn2c(-c3cccs3)ccnc12. The molecule has 0 fully saturated rings. The van der Waals surface area contributed by atoms with Crippen LogP contribution in [0.3, 0.4) is 0 Å². The molecule has 0 unspecified atom stereocenters. The third-order valence-corrected chi connectivity index (χ3v) is 4.42.